The van der Waals surface area contributed by atoms with Gasteiger partial charge in [0.1, 0.15) is 34.3 Å². The number of benzene rings is 8. The Labute approximate surface area is 298 Å². The quantitative estimate of drug-likeness (QED) is 0.203. The summed E-state index contributed by atoms with van der Waals surface area (Å²) in [7, 11) is 0. The standard InChI is InChI=1S/C47H29N3O2/c1-2-11-29(12-3-1)45-48-46(34-21-22-37-36-16-8-9-17-40(36)51-41(37)27-34)50-47(49-45)39-25-33-14-6-7-15-35(33)44-43(39)38-23-20-32(26-42(38)52-44)31-19-18-28-10-4-5-13-30(28)24-31/h1-27,45H,(H,48,49,50). The van der Waals surface area contributed by atoms with E-state index in [9.17, 15) is 0 Å². The molecule has 1 aliphatic rings. The van der Waals surface area contributed by atoms with Crippen LogP contribution in [0.3, 0.4) is 0 Å². The molecular formula is C47H29N3O2. The van der Waals surface area contributed by atoms with Crippen molar-refractivity contribution in [2.75, 3.05) is 0 Å². The summed E-state index contributed by atoms with van der Waals surface area (Å²) in [5.41, 5.74) is 8.50. The molecule has 1 N–H and O–H groups in total. The first-order valence-electron chi connectivity index (χ1n) is 17.5. The van der Waals surface area contributed by atoms with Gasteiger partial charge in [0.05, 0.1) is 0 Å². The highest BCUT2D eigenvalue weighted by Crippen LogP contribution is 2.40. The Hall–Kier alpha value is -6.98. The van der Waals surface area contributed by atoms with Crippen molar-refractivity contribution in [2.24, 2.45) is 9.98 Å². The summed E-state index contributed by atoms with van der Waals surface area (Å²) in [5.74, 6) is 1.37. The topological polar surface area (TPSA) is 63.0 Å². The highest BCUT2D eigenvalue weighted by Gasteiger charge is 2.25. The number of fused-ring (bicyclic) bond motifs is 9. The third kappa shape index (κ3) is 4.56. The molecule has 5 nitrogen and oxygen atoms in total. The number of hydrogen-bond donors (Lipinski definition) is 1. The molecule has 1 unspecified atom stereocenters. The van der Waals surface area contributed by atoms with E-state index >= 15 is 0 Å². The van der Waals surface area contributed by atoms with Gasteiger partial charge in [-0.1, -0.05) is 121 Å². The highest BCUT2D eigenvalue weighted by atomic mass is 16.3. The van der Waals surface area contributed by atoms with E-state index in [4.69, 9.17) is 18.8 Å². The third-order valence-electron chi connectivity index (χ3n) is 10.3. The van der Waals surface area contributed by atoms with Gasteiger partial charge in [0.25, 0.3) is 0 Å². The number of rotatable bonds is 4. The molecule has 0 radical (unpaired) electrons. The van der Waals surface area contributed by atoms with Crippen molar-refractivity contribution in [3.05, 3.63) is 180 Å². The SMILES string of the molecule is c1ccc(C2N=C(c3ccc4c(c3)oc3ccccc34)N=C(c3cc4ccccc4c4oc5cc(-c6ccc7ccccc7c6)ccc5c34)N2)cc1. The summed E-state index contributed by atoms with van der Waals surface area (Å²) < 4.78 is 13.1. The van der Waals surface area contributed by atoms with Gasteiger partial charge in [-0.15, -0.1) is 0 Å². The van der Waals surface area contributed by atoms with Crippen molar-refractivity contribution in [3.8, 4) is 11.1 Å². The van der Waals surface area contributed by atoms with Crippen LogP contribution in [0.15, 0.2) is 183 Å². The van der Waals surface area contributed by atoms with Gasteiger partial charge in [0, 0.05) is 38.1 Å². The lowest BCUT2D eigenvalue weighted by atomic mass is 9.97. The molecule has 1 atom stereocenters. The van der Waals surface area contributed by atoms with Crippen LogP contribution in [0.1, 0.15) is 22.9 Å². The summed E-state index contributed by atoms with van der Waals surface area (Å²) in [6, 6.07) is 56.9. The average Bonchev–Trinajstić information content (AvgIpc) is 3.79. The zero-order valence-corrected chi connectivity index (χ0v) is 27.9. The second-order valence-electron chi connectivity index (χ2n) is 13.4. The van der Waals surface area contributed by atoms with Crippen LogP contribution in [-0.4, -0.2) is 11.7 Å². The normalized spacial score (nSPS) is 14.7. The fraction of sp³-hybridized carbons (Fsp3) is 0.0213. The van der Waals surface area contributed by atoms with Crippen molar-refractivity contribution >= 4 is 77.1 Å². The van der Waals surface area contributed by atoms with Gasteiger partial charge in [-0.05, 0) is 75.3 Å². The van der Waals surface area contributed by atoms with Crippen LogP contribution >= 0.6 is 0 Å². The van der Waals surface area contributed by atoms with Crippen LogP contribution in [0.2, 0.25) is 0 Å². The molecule has 11 rings (SSSR count). The second kappa shape index (κ2) is 11.3. The van der Waals surface area contributed by atoms with E-state index in [-0.39, 0.29) is 6.17 Å². The molecule has 0 aliphatic carbocycles. The molecule has 0 amide bonds. The minimum atomic E-state index is -0.353. The van der Waals surface area contributed by atoms with Crippen molar-refractivity contribution in [1.29, 1.82) is 0 Å². The van der Waals surface area contributed by atoms with Crippen LogP contribution in [-0.2, 0) is 0 Å². The van der Waals surface area contributed by atoms with Crippen LogP contribution in [0.5, 0.6) is 0 Å². The molecule has 8 aromatic carbocycles. The van der Waals surface area contributed by atoms with E-state index in [0.29, 0.717) is 5.84 Å². The Kier molecular flexibility index (Phi) is 6.25. The maximum atomic E-state index is 6.82. The van der Waals surface area contributed by atoms with Crippen molar-refractivity contribution < 1.29 is 8.83 Å². The summed E-state index contributed by atoms with van der Waals surface area (Å²) in [4.78, 5) is 10.4. The Morgan fingerprint density at radius 1 is 0.462 bits per heavy atom. The van der Waals surface area contributed by atoms with Gasteiger partial charge in [-0.3, -0.25) is 0 Å². The van der Waals surface area contributed by atoms with E-state index in [1.54, 1.807) is 0 Å². The molecule has 5 heteroatoms. The smallest absolute Gasteiger partial charge is 0.159 e. The first kappa shape index (κ1) is 28.8. The number of hydrogen-bond acceptors (Lipinski definition) is 5. The first-order valence-corrected chi connectivity index (χ1v) is 17.5. The Morgan fingerprint density at radius 3 is 2.02 bits per heavy atom. The van der Waals surface area contributed by atoms with Crippen LogP contribution in [0.4, 0.5) is 0 Å². The number of furan rings is 2. The van der Waals surface area contributed by atoms with E-state index in [1.807, 2.05) is 36.4 Å². The lowest BCUT2D eigenvalue weighted by Crippen LogP contribution is -2.33. The van der Waals surface area contributed by atoms with Crippen molar-refractivity contribution in [3.63, 3.8) is 0 Å². The van der Waals surface area contributed by atoms with Gasteiger partial charge >= 0.3 is 0 Å². The molecule has 0 saturated carbocycles. The Bertz CT molecular complexity index is 3110. The number of nitrogens with zero attached hydrogens (tertiary/aromatic N) is 2. The first-order chi connectivity index (χ1) is 25.7. The Morgan fingerprint density at radius 2 is 1.12 bits per heavy atom. The molecule has 244 valence electrons. The monoisotopic (exact) mass is 667 g/mol. The van der Waals surface area contributed by atoms with E-state index in [1.165, 1.54) is 10.8 Å². The lowest BCUT2D eigenvalue weighted by Gasteiger charge is -2.24. The fourth-order valence-corrected chi connectivity index (χ4v) is 7.73. The zero-order chi connectivity index (χ0) is 34.2. The number of nitrogens with one attached hydrogen (secondary N) is 1. The molecule has 2 aromatic heterocycles. The van der Waals surface area contributed by atoms with Gasteiger partial charge < -0.3 is 14.2 Å². The van der Waals surface area contributed by atoms with Gasteiger partial charge in [-0.2, -0.15) is 0 Å². The number of amidine groups is 2. The zero-order valence-electron chi connectivity index (χ0n) is 27.9. The predicted octanol–water partition coefficient (Wildman–Crippen LogP) is 12.0. The Balaban J connectivity index is 1.11. The maximum Gasteiger partial charge on any atom is 0.159 e. The molecule has 1 aliphatic heterocycles. The largest absolute Gasteiger partial charge is 0.456 e. The third-order valence-corrected chi connectivity index (χ3v) is 10.3. The molecule has 10 aromatic rings. The molecule has 0 fully saturated rings. The predicted molar refractivity (Wildman–Crippen MR) is 213 cm³/mol. The fourth-order valence-electron chi connectivity index (χ4n) is 7.73. The number of aliphatic imine (C=N–C) groups is 2. The molecule has 0 bridgehead atoms. The molecular weight excluding hydrogens is 639 g/mol. The van der Waals surface area contributed by atoms with E-state index < -0.39 is 0 Å². The van der Waals surface area contributed by atoms with E-state index in [2.05, 4.69) is 133 Å². The maximum absolute atomic E-state index is 6.82. The minimum absolute atomic E-state index is 0.353. The number of para-hydroxylation sites is 1. The summed E-state index contributed by atoms with van der Waals surface area (Å²) in [5, 5.41) is 12.5. The summed E-state index contributed by atoms with van der Waals surface area (Å²) in [6.45, 7) is 0. The van der Waals surface area contributed by atoms with Crippen LogP contribution < -0.4 is 5.32 Å². The summed E-state index contributed by atoms with van der Waals surface area (Å²) >= 11 is 0. The van der Waals surface area contributed by atoms with E-state index in [0.717, 1.165) is 88.3 Å². The van der Waals surface area contributed by atoms with Crippen molar-refractivity contribution in [1.82, 2.24) is 5.32 Å². The lowest BCUT2D eigenvalue weighted by molar-refractivity contribution is 0.667. The average molecular weight is 668 g/mol. The molecule has 0 saturated heterocycles. The van der Waals surface area contributed by atoms with Gasteiger partial charge in [0.15, 0.2) is 5.84 Å². The molecule has 0 spiro atoms. The van der Waals surface area contributed by atoms with Gasteiger partial charge in [0.2, 0.25) is 0 Å². The highest BCUT2D eigenvalue weighted by molar-refractivity contribution is 6.27. The minimum Gasteiger partial charge on any atom is -0.456 e. The molecule has 3 heterocycles. The van der Waals surface area contributed by atoms with Crippen LogP contribution in [0, 0.1) is 0 Å². The molecule has 52 heavy (non-hydrogen) atoms. The second-order valence-corrected chi connectivity index (χ2v) is 13.4. The summed E-state index contributed by atoms with van der Waals surface area (Å²) in [6.07, 6.45) is -0.353. The van der Waals surface area contributed by atoms with Gasteiger partial charge in [-0.25, -0.2) is 9.98 Å². The van der Waals surface area contributed by atoms with Crippen LogP contribution in [0.25, 0.3) is 76.5 Å². The van der Waals surface area contributed by atoms with Crippen molar-refractivity contribution in [2.45, 2.75) is 6.17 Å².